The molecule has 6 heteroatoms. The van der Waals surface area contributed by atoms with Crippen LogP contribution in [0, 0.1) is 5.82 Å². The van der Waals surface area contributed by atoms with Crippen molar-refractivity contribution in [2.24, 2.45) is 0 Å². The van der Waals surface area contributed by atoms with Gasteiger partial charge in [-0.05, 0) is 12.1 Å². The third kappa shape index (κ3) is 4.03. The summed E-state index contributed by atoms with van der Waals surface area (Å²) in [6.07, 6.45) is 0. The Morgan fingerprint density at radius 1 is 1.41 bits per heavy atom. The maximum absolute atomic E-state index is 13.2. The molecule has 0 bridgehead atoms. The average Bonchev–Trinajstić information content (AvgIpc) is 2.31. The number of para-hydroxylation sites is 1. The summed E-state index contributed by atoms with van der Waals surface area (Å²) in [5.41, 5.74) is 0.0872. The summed E-state index contributed by atoms with van der Waals surface area (Å²) in [4.78, 5) is 23.8. The van der Waals surface area contributed by atoms with Crippen LogP contribution < -0.4 is 5.32 Å². The van der Waals surface area contributed by atoms with Gasteiger partial charge in [0.25, 0.3) is 0 Å². The van der Waals surface area contributed by atoms with E-state index in [1.165, 1.54) is 30.1 Å². The summed E-state index contributed by atoms with van der Waals surface area (Å²) < 4.78 is 13.2. The highest BCUT2D eigenvalue weighted by Crippen LogP contribution is 2.11. The van der Waals surface area contributed by atoms with Gasteiger partial charge in [-0.25, -0.2) is 4.39 Å². The quantitative estimate of drug-likeness (QED) is 0.832. The van der Waals surface area contributed by atoms with Crippen molar-refractivity contribution in [1.82, 2.24) is 4.90 Å². The normalized spacial score (nSPS) is 9.82. The lowest BCUT2D eigenvalue weighted by Gasteiger charge is -2.15. The number of rotatable bonds is 4. The van der Waals surface area contributed by atoms with Gasteiger partial charge < -0.3 is 10.2 Å². The number of alkyl halides is 1. The van der Waals surface area contributed by atoms with E-state index in [1.54, 1.807) is 6.07 Å². The van der Waals surface area contributed by atoms with Crippen LogP contribution in [-0.2, 0) is 9.59 Å². The van der Waals surface area contributed by atoms with Gasteiger partial charge in [-0.1, -0.05) is 12.1 Å². The highest BCUT2D eigenvalue weighted by atomic mass is 35.5. The Kier molecular flexibility index (Phi) is 4.90. The zero-order valence-corrected chi connectivity index (χ0v) is 10.00. The topological polar surface area (TPSA) is 49.4 Å². The van der Waals surface area contributed by atoms with Crippen LogP contribution in [0.15, 0.2) is 24.3 Å². The minimum Gasteiger partial charge on any atom is -0.335 e. The van der Waals surface area contributed by atoms with Gasteiger partial charge in [0.2, 0.25) is 11.8 Å². The van der Waals surface area contributed by atoms with E-state index in [-0.39, 0.29) is 24.0 Å². The first kappa shape index (κ1) is 13.4. The SMILES string of the molecule is CN(CC(=O)Nc1ccccc1F)C(=O)CCl. The molecule has 0 saturated heterocycles. The first-order chi connectivity index (χ1) is 8.04. The van der Waals surface area contributed by atoms with Crippen molar-refractivity contribution in [1.29, 1.82) is 0 Å². The summed E-state index contributed by atoms with van der Waals surface area (Å²) in [7, 11) is 1.45. The van der Waals surface area contributed by atoms with Gasteiger partial charge in [0.15, 0.2) is 0 Å². The molecular formula is C11H12ClFN2O2. The summed E-state index contributed by atoms with van der Waals surface area (Å²) in [5, 5.41) is 2.37. The van der Waals surface area contributed by atoms with Crippen molar-refractivity contribution in [3.05, 3.63) is 30.1 Å². The summed E-state index contributed by atoms with van der Waals surface area (Å²) in [6.45, 7) is -0.167. The number of amides is 2. The van der Waals surface area contributed by atoms with Crippen molar-refractivity contribution < 1.29 is 14.0 Å². The van der Waals surface area contributed by atoms with Crippen molar-refractivity contribution >= 4 is 29.1 Å². The number of carbonyl (C=O) groups excluding carboxylic acids is 2. The Morgan fingerprint density at radius 3 is 2.65 bits per heavy atom. The van der Waals surface area contributed by atoms with Crippen LogP contribution in [0.25, 0.3) is 0 Å². The van der Waals surface area contributed by atoms with Gasteiger partial charge in [0.05, 0.1) is 12.2 Å². The zero-order valence-electron chi connectivity index (χ0n) is 9.24. The molecule has 1 rings (SSSR count). The van der Waals surface area contributed by atoms with Crippen LogP contribution in [0.3, 0.4) is 0 Å². The molecule has 2 amide bonds. The number of nitrogens with zero attached hydrogens (tertiary/aromatic N) is 1. The summed E-state index contributed by atoms with van der Waals surface area (Å²) in [5.74, 6) is -1.55. The Labute approximate surface area is 103 Å². The second-order valence-corrected chi connectivity index (χ2v) is 3.68. The van der Waals surface area contributed by atoms with E-state index in [0.717, 1.165) is 0 Å². The van der Waals surface area contributed by atoms with E-state index in [2.05, 4.69) is 5.32 Å². The first-order valence-electron chi connectivity index (χ1n) is 4.89. The third-order valence-electron chi connectivity index (χ3n) is 2.07. The number of halogens is 2. The van der Waals surface area contributed by atoms with Crippen LogP contribution >= 0.6 is 11.6 Å². The lowest BCUT2D eigenvalue weighted by Crippen LogP contribution is -2.35. The van der Waals surface area contributed by atoms with Crippen molar-refractivity contribution in [3.63, 3.8) is 0 Å². The van der Waals surface area contributed by atoms with Crippen molar-refractivity contribution in [2.45, 2.75) is 0 Å². The summed E-state index contributed by atoms with van der Waals surface area (Å²) >= 11 is 5.33. The molecule has 0 spiro atoms. The fraction of sp³-hybridized carbons (Fsp3) is 0.273. The van der Waals surface area contributed by atoms with E-state index >= 15 is 0 Å². The number of benzene rings is 1. The molecule has 0 unspecified atom stereocenters. The third-order valence-corrected chi connectivity index (χ3v) is 2.30. The molecule has 1 aromatic carbocycles. The number of hydrogen-bond acceptors (Lipinski definition) is 2. The number of nitrogens with one attached hydrogen (secondary N) is 1. The molecule has 1 aromatic rings. The maximum Gasteiger partial charge on any atom is 0.244 e. The number of carbonyl (C=O) groups is 2. The number of likely N-dealkylation sites (N-methyl/N-ethyl adjacent to an activating group) is 1. The molecular weight excluding hydrogens is 247 g/mol. The minimum atomic E-state index is -0.521. The van der Waals surface area contributed by atoms with E-state index < -0.39 is 11.7 Å². The highest BCUT2D eigenvalue weighted by molar-refractivity contribution is 6.27. The smallest absolute Gasteiger partial charge is 0.244 e. The second-order valence-electron chi connectivity index (χ2n) is 3.41. The average molecular weight is 259 g/mol. The molecule has 0 heterocycles. The zero-order chi connectivity index (χ0) is 12.8. The van der Waals surface area contributed by atoms with Crippen LogP contribution in [0.2, 0.25) is 0 Å². The highest BCUT2D eigenvalue weighted by Gasteiger charge is 2.12. The fourth-order valence-electron chi connectivity index (χ4n) is 1.16. The fourth-order valence-corrected chi connectivity index (χ4v) is 1.36. The molecule has 1 N–H and O–H groups in total. The lowest BCUT2D eigenvalue weighted by molar-refractivity contribution is -0.131. The molecule has 0 aliphatic carbocycles. The van der Waals surface area contributed by atoms with Gasteiger partial charge in [-0.3, -0.25) is 9.59 Å². The predicted molar refractivity (Wildman–Crippen MR) is 63.4 cm³/mol. The van der Waals surface area contributed by atoms with Gasteiger partial charge in [-0.2, -0.15) is 0 Å². The molecule has 0 aliphatic rings. The number of anilines is 1. The monoisotopic (exact) mass is 258 g/mol. The molecule has 0 aromatic heterocycles. The standard InChI is InChI=1S/C11H12ClFN2O2/c1-15(11(17)6-12)7-10(16)14-9-5-3-2-4-8(9)13/h2-5H,6-7H2,1H3,(H,14,16). The molecule has 0 atom stereocenters. The second kappa shape index (κ2) is 6.20. The minimum absolute atomic E-state index is 0.0872. The maximum atomic E-state index is 13.2. The van der Waals surface area contributed by atoms with E-state index in [0.29, 0.717) is 0 Å². The lowest BCUT2D eigenvalue weighted by atomic mass is 10.3. The Balaban J connectivity index is 2.56. The van der Waals surface area contributed by atoms with Gasteiger partial charge in [-0.15, -0.1) is 11.6 Å². The molecule has 0 fully saturated rings. The Bertz CT molecular complexity index is 426. The van der Waals surface area contributed by atoms with Crippen LogP contribution in [0.5, 0.6) is 0 Å². The number of hydrogen-bond donors (Lipinski definition) is 1. The molecule has 0 radical (unpaired) electrons. The molecule has 92 valence electrons. The van der Waals surface area contributed by atoms with E-state index in [4.69, 9.17) is 11.6 Å². The molecule has 0 aliphatic heterocycles. The largest absolute Gasteiger partial charge is 0.335 e. The molecule has 0 saturated carbocycles. The van der Waals surface area contributed by atoms with E-state index in [9.17, 15) is 14.0 Å². The Hall–Kier alpha value is -1.62. The van der Waals surface area contributed by atoms with Gasteiger partial charge >= 0.3 is 0 Å². The van der Waals surface area contributed by atoms with Crippen molar-refractivity contribution in [3.8, 4) is 0 Å². The summed E-state index contributed by atoms with van der Waals surface area (Å²) in [6, 6.07) is 5.81. The molecule has 4 nitrogen and oxygen atoms in total. The van der Waals surface area contributed by atoms with E-state index in [1.807, 2.05) is 0 Å². The Morgan fingerprint density at radius 2 is 2.06 bits per heavy atom. The van der Waals surface area contributed by atoms with Crippen LogP contribution in [0.1, 0.15) is 0 Å². The van der Waals surface area contributed by atoms with Gasteiger partial charge in [0, 0.05) is 7.05 Å². The van der Waals surface area contributed by atoms with Crippen LogP contribution in [-0.4, -0.2) is 36.2 Å². The van der Waals surface area contributed by atoms with Crippen LogP contribution in [0.4, 0.5) is 10.1 Å². The van der Waals surface area contributed by atoms with Gasteiger partial charge in [0.1, 0.15) is 11.7 Å². The molecule has 17 heavy (non-hydrogen) atoms. The first-order valence-corrected chi connectivity index (χ1v) is 5.42. The predicted octanol–water partition coefficient (Wildman–Crippen LogP) is 1.46. The van der Waals surface area contributed by atoms with Crippen molar-refractivity contribution in [2.75, 3.05) is 24.8 Å².